The maximum atomic E-state index is 6.92. The molecule has 5 nitrogen and oxygen atoms in total. The fraction of sp³-hybridized carbons (Fsp3) is 0.109. The number of para-hydroxylation sites is 3. The van der Waals surface area contributed by atoms with Crippen molar-refractivity contribution >= 4 is 55.0 Å². The van der Waals surface area contributed by atoms with Crippen molar-refractivity contribution in [1.29, 1.82) is 0 Å². The molecule has 0 saturated carbocycles. The molecule has 0 radical (unpaired) electrons. The predicted octanol–water partition coefficient (Wildman–Crippen LogP) is 12.1. The van der Waals surface area contributed by atoms with Crippen molar-refractivity contribution < 1.29 is 4.42 Å². The molecule has 10 rings (SSSR count). The molecular formula is C46H34N4O. The van der Waals surface area contributed by atoms with E-state index < -0.39 is 0 Å². The van der Waals surface area contributed by atoms with Gasteiger partial charge in [0.15, 0.2) is 17.5 Å². The van der Waals surface area contributed by atoms with Crippen LogP contribution in [0.15, 0.2) is 150 Å². The monoisotopic (exact) mass is 658 g/mol. The van der Waals surface area contributed by atoms with Crippen LogP contribution < -0.4 is 0 Å². The minimum absolute atomic E-state index is 0.493. The van der Waals surface area contributed by atoms with Gasteiger partial charge in [-0.1, -0.05) is 122 Å². The predicted molar refractivity (Wildman–Crippen MR) is 210 cm³/mol. The van der Waals surface area contributed by atoms with Gasteiger partial charge in [-0.25, -0.2) is 15.0 Å². The zero-order valence-electron chi connectivity index (χ0n) is 28.3. The van der Waals surface area contributed by atoms with E-state index in [1.807, 2.05) is 30.3 Å². The fourth-order valence-electron chi connectivity index (χ4n) is 7.64. The van der Waals surface area contributed by atoms with Crippen LogP contribution in [0.3, 0.4) is 0 Å². The normalized spacial score (nSPS) is 16.0. The average Bonchev–Trinajstić information content (AvgIpc) is 3.74. The Bertz CT molecular complexity index is 2790. The lowest BCUT2D eigenvalue weighted by atomic mass is 9.98. The molecule has 3 aromatic heterocycles. The van der Waals surface area contributed by atoms with Gasteiger partial charge in [-0.2, -0.15) is 0 Å². The van der Waals surface area contributed by atoms with Gasteiger partial charge in [-0.05, 0) is 61.1 Å². The first-order valence-electron chi connectivity index (χ1n) is 17.7. The highest BCUT2D eigenvalue weighted by Gasteiger charge is 2.21. The summed E-state index contributed by atoms with van der Waals surface area (Å²) < 4.78 is 9.31. The molecule has 0 spiro atoms. The smallest absolute Gasteiger partial charge is 0.167 e. The highest BCUT2D eigenvalue weighted by molar-refractivity contribution is 6.15. The third kappa shape index (κ3) is 4.96. The topological polar surface area (TPSA) is 56.7 Å². The van der Waals surface area contributed by atoms with Crippen LogP contribution >= 0.6 is 0 Å². The van der Waals surface area contributed by atoms with Crippen LogP contribution in [0.5, 0.6) is 0 Å². The van der Waals surface area contributed by atoms with Gasteiger partial charge >= 0.3 is 0 Å². The van der Waals surface area contributed by atoms with Crippen molar-refractivity contribution in [2.75, 3.05) is 0 Å². The van der Waals surface area contributed by atoms with E-state index in [1.165, 1.54) is 27.5 Å². The zero-order chi connectivity index (χ0) is 33.9. The molecule has 0 saturated heterocycles. The van der Waals surface area contributed by atoms with Gasteiger partial charge in [-0.3, -0.25) is 0 Å². The van der Waals surface area contributed by atoms with Crippen LogP contribution in [0.1, 0.15) is 32.0 Å². The Labute approximate surface area is 295 Å². The number of allylic oxidation sites excluding steroid dienone is 8. The first-order chi connectivity index (χ1) is 25.2. The zero-order valence-corrected chi connectivity index (χ0v) is 28.3. The lowest BCUT2D eigenvalue weighted by molar-refractivity contribution is 0.670. The van der Waals surface area contributed by atoms with Gasteiger partial charge in [0, 0.05) is 43.9 Å². The summed E-state index contributed by atoms with van der Waals surface area (Å²) in [6.45, 7) is 2.22. The van der Waals surface area contributed by atoms with Crippen molar-refractivity contribution in [3.05, 3.63) is 151 Å². The van der Waals surface area contributed by atoms with E-state index in [9.17, 15) is 0 Å². The molecule has 1 atom stereocenters. The van der Waals surface area contributed by atoms with E-state index in [4.69, 9.17) is 19.4 Å². The summed E-state index contributed by atoms with van der Waals surface area (Å²) in [6.07, 6.45) is 16.5. The molecule has 2 aliphatic rings. The van der Waals surface area contributed by atoms with Crippen LogP contribution in [0.25, 0.3) is 88.9 Å². The largest absolute Gasteiger partial charge is 0.455 e. The molecule has 0 N–H and O–H groups in total. The SMILES string of the molecule is CC1C=CC(c2nc(-c3ccccc3)nc(-c3cccc4c3oc3c(-c5ccc6c(c5)c5ccccc5n6C5=CCCC=C5)cccc34)n2)=CC1. The number of fused-ring (bicyclic) bond motifs is 6. The molecule has 3 heterocycles. The second kappa shape index (κ2) is 11.9. The van der Waals surface area contributed by atoms with E-state index in [0.717, 1.165) is 69.0 Å². The molecule has 0 amide bonds. The van der Waals surface area contributed by atoms with Gasteiger partial charge in [0.1, 0.15) is 11.2 Å². The van der Waals surface area contributed by atoms with Crippen molar-refractivity contribution in [1.82, 2.24) is 19.5 Å². The van der Waals surface area contributed by atoms with Crippen molar-refractivity contribution in [3.8, 4) is 33.9 Å². The summed E-state index contributed by atoms with van der Waals surface area (Å²) >= 11 is 0. The van der Waals surface area contributed by atoms with E-state index in [-0.39, 0.29) is 0 Å². The molecule has 0 fully saturated rings. The summed E-state index contributed by atoms with van der Waals surface area (Å²) in [5, 5.41) is 4.56. The van der Waals surface area contributed by atoms with Crippen LogP contribution in [0, 0.1) is 5.92 Å². The van der Waals surface area contributed by atoms with Crippen LogP contribution in [-0.2, 0) is 0 Å². The maximum absolute atomic E-state index is 6.92. The quantitative estimate of drug-likeness (QED) is 0.185. The lowest BCUT2D eigenvalue weighted by Gasteiger charge is -2.13. The number of hydrogen-bond donors (Lipinski definition) is 0. The Kier molecular flexibility index (Phi) is 6.91. The first-order valence-corrected chi connectivity index (χ1v) is 17.7. The summed E-state index contributed by atoms with van der Waals surface area (Å²) in [6, 6.07) is 38.3. The molecule has 5 aromatic carbocycles. The number of benzene rings is 5. The van der Waals surface area contributed by atoms with Gasteiger partial charge in [0.05, 0.1) is 16.6 Å². The molecule has 5 heteroatoms. The number of furan rings is 1. The van der Waals surface area contributed by atoms with E-state index >= 15 is 0 Å². The third-order valence-corrected chi connectivity index (χ3v) is 10.2. The summed E-state index contributed by atoms with van der Waals surface area (Å²) in [5.41, 5.74) is 10.2. The second-order valence-electron chi connectivity index (χ2n) is 13.6. The van der Waals surface area contributed by atoms with Gasteiger partial charge in [-0.15, -0.1) is 0 Å². The average molecular weight is 659 g/mol. The van der Waals surface area contributed by atoms with E-state index in [0.29, 0.717) is 23.4 Å². The highest BCUT2D eigenvalue weighted by atomic mass is 16.3. The molecule has 0 bridgehead atoms. The molecular weight excluding hydrogens is 625 g/mol. The maximum Gasteiger partial charge on any atom is 0.167 e. The van der Waals surface area contributed by atoms with Gasteiger partial charge < -0.3 is 8.98 Å². The number of aromatic nitrogens is 4. The summed E-state index contributed by atoms with van der Waals surface area (Å²) in [4.78, 5) is 15.1. The number of nitrogens with zero attached hydrogens (tertiary/aromatic N) is 4. The minimum atomic E-state index is 0.493. The first kappa shape index (κ1) is 29.6. The molecule has 51 heavy (non-hydrogen) atoms. The third-order valence-electron chi connectivity index (χ3n) is 10.2. The van der Waals surface area contributed by atoms with Crippen LogP contribution in [0.4, 0.5) is 0 Å². The van der Waals surface area contributed by atoms with Crippen molar-refractivity contribution in [2.24, 2.45) is 5.92 Å². The van der Waals surface area contributed by atoms with Crippen LogP contribution in [-0.4, -0.2) is 19.5 Å². The molecule has 1 unspecified atom stereocenters. The Morgan fingerprint density at radius 2 is 1.31 bits per heavy atom. The molecule has 244 valence electrons. The molecule has 0 aliphatic heterocycles. The van der Waals surface area contributed by atoms with Gasteiger partial charge in [0.25, 0.3) is 0 Å². The summed E-state index contributed by atoms with van der Waals surface area (Å²) in [7, 11) is 0. The second-order valence-corrected chi connectivity index (χ2v) is 13.6. The van der Waals surface area contributed by atoms with E-state index in [2.05, 4.69) is 127 Å². The Morgan fingerprint density at radius 1 is 0.588 bits per heavy atom. The molecule has 8 aromatic rings. The summed E-state index contributed by atoms with van der Waals surface area (Å²) in [5.74, 6) is 2.40. The van der Waals surface area contributed by atoms with Gasteiger partial charge in [0.2, 0.25) is 0 Å². The van der Waals surface area contributed by atoms with Crippen LogP contribution in [0.2, 0.25) is 0 Å². The lowest BCUT2D eigenvalue weighted by Crippen LogP contribution is -2.04. The van der Waals surface area contributed by atoms with E-state index in [1.54, 1.807) is 0 Å². The standard InChI is InChI=1S/C46H34N4O/c1-29-22-24-31(25-23-29)45-47-44(30-12-4-2-5-13-30)48-46(49-45)38-20-11-19-37-36-18-10-17-34(42(36)51-43(37)38)32-26-27-41-39(28-32)35-16-8-9-21-40(35)50(41)33-14-6-3-7-15-33/h2,4-6,8-22,24-29H,3,7,23H2,1H3. The number of rotatable bonds is 5. The Hall–Kier alpha value is -6.33. The fourth-order valence-corrected chi connectivity index (χ4v) is 7.64. The number of hydrogen-bond acceptors (Lipinski definition) is 4. The minimum Gasteiger partial charge on any atom is -0.455 e. The molecule has 2 aliphatic carbocycles. The van der Waals surface area contributed by atoms with Crippen molar-refractivity contribution in [2.45, 2.75) is 26.2 Å². The Balaban J connectivity index is 1.15. The van der Waals surface area contributed by atoms with Crippen molar-refractivity contribution in [3.63, 3.8) is 0 Å². The Morgan fingerprint density at radius 3 is 2.12 bits per heavy atom. The highest BCUT2D eigenvalue weighted by Crippen LogP contribution is 2.42.